The molecule has 0 aliphatic carbocycles. The number of hydrogen-bond acceptors (Lipinski definition) is 4. The summed E-state index contributed by atoms with van der Waals surface area (Å²) in [6, 6.07) is 14.6. The van der Waals surface area contributed by atoms with Gasteiger partial charge >= 0.3 is 0 Å². The Morgan fingerprint density at radius 1 is 1.11 bits per heavy atom. The molecule has 2 heterocycles. The maximum Gasteiger partial charge on any atom is 0.258 e. The van der Waals surface area contributed by atoms with E-state index in [9.17, 15) is 4.79 Å². The molecule has 0 amide bonds. The standard InChI is InChI=1S/C22H25N3OSSi/c1-5-28(6-2,7-3)14-13-17-15-20(26)25(18-11-9-8-10-12-18)21-19(17)16-23-22(24-21)27-4/h8-12,15-16H,5-7H2,1-4H3. The third-order valence-electron chi connectivity index (χ3n) is 5.43. The summed E-state index contributed by atoms with van der Waals surface area (Å²) in [4.78, 5) is 22.1. The minimum absolute atomic E-state index is 0.120. The van der Waals surface area contributed by atoms with Gasteiger partial charge in [-0.25, -0.2) is 9.97 Å². The molecule has 1 aromatic carbocycles. The second kappa shape index (κ2) is 8.76. The average molecular weight is 408 g/mol. The fourth-order valence-corrected chi connectivity index (χ4v) is 6.10. The summed E-state index contributed by atoms with van der Waals surface area (Å²) in [6.45, 7) is 6.69. The highest BCUT2D eigenvalue weighted by molar-refractivity contribution is 7.98. The van der Waals surface area contributed by atoms with Crippen molar-refractivity contribution >= 4 is 30.9 Å². The van der Waals surface area contributed by atoms with Crippen molar-refractivity contribution in [3.05, 3.63) is 58.5 Å². The quantitative estimate of drug-likeness (QED) is 0.261. The Morgan fingerprint density at radius 2 is 1.79 bits per heavy atom. The van der Waals surface area contributed by atoms with Crippen molar-refractivity contribution < 1.29 is 0 Å². The lowest BCUT2D eigenvalue weighted by molar-refractivity contribution is 0.937. The molecule has 0 N–H and O–H groups in total. The van der Waals surface area contributed by atoms with E-state index in [0.29, 0.717) is 10.8 Å². The minimum atomic E-state index is -1.62. The Balaban J connectivity index is 2.30. The Bertz CT molecular complexity index is 1090. The van der Waals surface area contributed by atoms with Gasteiger partial charge in [0.05, 0.1) is 11.1 Å². The smallest absolute Gasteiger partial charge is 0.258 e. The highest BCUT2D eigenvalue weighted by Crippen LogP contribution is 2.22. The number of fused-ring (bicyclic) bond motifs is 1. The molecule has 0 fully saturated rings. The van der Waals surface area contributed by atoms with Gasteiger partial charge in [0.15, 0.2) is 10.8 Å². The second-order valence-electron chi connectivity index (χ2n) is 6.75. The SMILES string of the molecule is CC[Si](C#Cc1cc(=O)n(-c2ccccc2)c2nc(SC)ncc12)(CC)CC. The van der Waals surface area contributed by atoms with Gasteiger partial charge in [-0.15, -0.1) is 5.54 Å². The largest absolute Gasteiger partial charge is 0.269 e. The number of para-hydroxylation sites is 1. The number of aromatic nitrogens is 3. The zero-order valence-electron chi connectivity index (χ0n) is 16.8. The number of thioether (sulfide) groups is 1. The van der Waals surface area contributed by atoms with Crippen molar-refractivity contribution in [2.45, 2.75) is 44.1 Å². The van der Waals surface area contributed by atoms with Crippen LogP contribution in [-0.2, 0) is 0 Å². The van der Waals surface area contributed by atoms with Crippen LogP contribution in [0.2, 0.25) is 18.1 Å². The van der Waals surface area contributed by atoms with Gasteiger partial charge in [0.25, 0.3) is 5.56 Å². The first-order valence-corrected chi connectivity index (χ1v) is 13.5. The molecule has 0 aliphatic rings. The van der Waals surface area contributed by atoms with Crippen molar-refractivity contribution in [2.75, 3.05) is 6.26 Å². The maximum atomic E-state index is 13.0. The Hall–Kier alpha value is -2.36. The first-order chi connectivity index (χ1) is 13.6. The number of rotatable bonds is 5. The summed E-state index contributed by atoms with van der Waals surface area (Å²) in [7, 11) is -1.62. The third kappa shape index (κ3) is 3.91. The van der Waals surface area contributed by atoms with Gasteiger partial charge in [-0.3, -0.25) is 9.36 Å². The topological polar surface area (TPSA) is 47.8 Å². The van der Waals surface area contributed by atoms with Crippen LogP contribution in [0, 0.1) is 11.5 Å². The first kappa shape index (κ1) is 20.4. The van der Waals surface area contributed by atoms with Gasteiger partial charge in [0, 0.05) is 17.8 Å². The minimum Gasteiger partial charge on any atom is -0.269 e. The Kier molecular flexibility index (Phi) is 6.37. The summed E-state index contributed by atoms with van der Waals surface area (Å²) in [5, 5.41) is 1.46. The summed E-state index contributed by atoms with van der Waals surface area (Å²) in [6.07, 6.45) is 3.73. The van der Waals surface area contributed by atoms with E-state index in [2.05, 4.69) is 42.2 Å². The number of nitrogens with zero attached hydrogens (tertiary/aromatic N) is 3. The molecule has 3 aromatic rings. The van der Waals surface area contributed by atoms with E-state index >= 15 is 0 Å². The zero-order valence-corrected chi connectivity index (χ0v) is 18.6. The molecule has 0 atom stereocenters. The molecule has 0 radical (unpaired) electrons. The zero-order chi connectivity index (χ0) is 20.1. The molecule has 6 heteroatoms. The van der Waals surface area contributed by atoms with Crippen LogP contribution in [0.3, 0.4) is 0 Å². The highest BCUT2D eigenvalue weighted by Gasteiger charge is 2.24. The van der Waals surface area contributed by atoms with Gasteiger partial charge in [-0.1, -0.05) is 56.7 Å². The van der Waals surface area contributed by atoms with Crippen LogP contribution in [-0.4, -0.2) is 28.9 Å². The van der Waals surface area contributed by atoms with Crippen molar-refractivity contribution in [3.8, 4) is 17.2 Å². The lowest BCUT2D eigenvalue weighted by atomic mass is 10.2. The van der Waals surface area contributed by atoms with E-state index in [0.717, 1.165) is 34.8 Å². The summed E-state index contributed by atoms with van der Waals surface area (Å²) < 4.78 is 1.64. The van der Waals surface area contributed by atoms with Crippen LogP contribution < -0.4 is 5.56 Å². The van der Waals surface area contributed by atoms with Crippen molar-refractivity contribution in [1.29, 1.82) is 0 Å². The van der Waals surface area contributed by atoms with Gasteiger partial charge in [0.2, 0.25) is 0 Å². The Labute approximate surface area is 171 Å². The fourth-order valence-electron chi connectivity index (χ4n) is 3.33. The Morgan fingerprint density at radius 3 is 2.39 bits per heavy atom. The predicted octanol–water partition coefficient (Wildman–Crippen LogP) is 4.90. The van der Waals surface area contributed by atoms with E-state index < -0.39 is 8.07 Å². The number of hydrogen-bond donors (Lipinski definition) is 0. The molecule has 0 bridgehead atoms. The van der Waals surface area contributed by atoms with E-state index in [1.165, 1.54) is 11.8 Å². The molecule has 0 unspecified atom stereocenters. The lowest BCUT2D eigenvalue weighted by Crippen LogP contribution is -2.29. The molecule has 144 valence electrons. The monoisotopic (exact) mass is 407 g/mol. The maximum absolute atomic E-state index is 13.0. The molecular weight excluding hydrogens is 382 g/mol. The molecular formula is C22H25N3OSSi. The summed E-state index contributed by atoms with van der Waals surface area (Å²) in [5.41, 5.74) is 5.60. The molecule has 0 saturated heterocycles. The molecule has 28 heavy (non-hydrogen) atoms. The second-order valence-corrected chi connectivity index (χ2v) is 12.5. The van der Waals surface area contributed by atoms with Gasteiger partial charge in [0.1, 0.15) is 8.07 Å². The van der Waals surface area contributed by atoms with Crippen molar-refractivity contribution in [1.82, 2.24) is 14.5 Å². The summed E-state index contributed by atoms with van der Waals surface area (Å²) >= 11 is 1.46. The van der Waals surface area contributed by atoms with Gasteiger partial charge in [-0.05, 0) is 36.5 Å². The van der Waals surface area contributed by atoms with Crippen LogP contribution in [0.1, 0.15) is 26.3 Å². The number of benzene rings is 1. The molecule has 2 aromatic heterocycles. The number of pyridine rings is 1. The van der Waals surface area contributed by atoms with E-state index in [1.54, 1.807) is 16.8 Å². The molecule has 3 rings (SSSR count). The average Bonchev–Trinajstić information content (AvgIpc) is 2.75. The van der Waals surface area contributed by atoms with Crippen LogP contribution in [0.15, 0.2) is 52.5 Å². The first-order valence-electron chi connectivity index (χ1n) is 9.63. The van der Waals surface area contributed by atoms with Crippen LogP contribution in [0.4, 0.5) is 0 Å². The predicted molar refractivity (Wildman–Crippen MR) is 121 cm³/mol. The molecule has 0 spiro atoms. The van der Waals surface area contributed by atoms with Gasteiger partial charge < -0.3 is 0 Å². The van der Waals surface area contributed by atoms with E-state index in [-0.39, 0.29) is 5.56 Å². The van der Waals surface area contributed by atoms with E-state index in [4.69, 9.17) is 0 Å². The molecule has 0 saturated carbocycles. The van der Waals surface area contributed by atoms with Crippen LogP contribution in [0.25, 0.3) is 16.7 Å². The third-order valence-corrected chi connectivity index (χ3v) is 10.7. The van der Waals surface area contributed by atoms with Gasteiger partial charge in [-0.2, -0.15) is 0 Å². The van der Waals surface area contributed by atoms with Crippen LogP contribution in [0.5, 0.6) is 0 Å². The fraction of sp³-hybridized carbons (Fsp3) is 0.318. The van der Waals surface area contributed by atoms with Crippen LogP contribution >= 0.6 is 11.8 Å². The van der Waals surface area contributed by atoms with E-state index in [1.807, 2.05) is 36.6 Å². The molecule has 4 nitrogen and oxygen atoms in total. The lowest BCUT2D eigenvalue weighted by Gasteiger charge is -2.20. The normalized spacial score (nSPS) is 11.3. The molecule has 0 aliphatic heterocycles. The van der Waals surface area contributed by atoms with Crippen molar-refractivity contribution in [3.63, 3.8) is 0 Å². The van der Waals surface area contributed by atoms with Crippen molar-refractivity contribution in [2.24, 2.45) is 0 Å². The highest BCUT2D eigenvalue weighted by atomic mass is 32.2. The summed E-state index contributed by atoms with van der Waals surface area (Å²) in [5.74, 6) is 3.35.